The van der Waals surface area contributed by atoms with Gasteiger partial charge < -0.3 is 4.98 Å². The summed E-state index contributed by atoms with van der Waals surface area (Å²) in [6.07, 6.45) is 3.13. The van der Waals surface area contributed by atoms with Crippen LogP contribution in [0, 0.1) is 6.92 Å². The molecule has 0 saturated heterocycles. The van der Waals surface area contributed by atoms with Crippen LogP contribution >= 0.6 is 0 Å². The normalized spacial score (nSPS) is 7.64. The fourth-order valence-electron chi connectivity index (χ4n) is 0.769. The van der Waals surface area contributed by atoms with Crippen LogP contribution in [0.5, 0.6) is 0 Å². The first kappa shape index (κ1) is 12.9. The largest absolute Gasteiger partial charge is 0.365 e. The van der Waals surface area contributed by atoms with Crippen molar-refractivity contribution in [2.24, 2.45) is 0 Å². The van der Waals surface area contributed by atoms with Gasteiger partial charge in [-0.1, -0.05) is 28.2 Å². The van der Waals surface area contributed by atoms with Crippen LogP contribution in [0.4, 0.5) is 0 Å². The van der Waals surface area contributed by atoms with Gasteiger partial charge in [0.1, 0.15) is 0 Å². The maximum absolute atomic E-state index is 3.16. The Bertz CT molecular complexity index is 165. The maximum atomic E-state index is 3.16. The van der Waals surface area contributed by atoms with E-state index in [1.54, 1.807) is 0 Å². The molecular formula is C10H21N. The highest BCUT2D eigenvalue weighted by Crippen LogP contribution is 2.00. The smallest absolute Gasteiger partial charge is 0.0147 e. The van der Waals surface area contributed by atoms with Gasteiger partial charge in [-0.15, -0.1) is 0 Å². The summed E-state index contributed by atoms with van der Waals surface area (Å²) in [6.45, 7) is 8.24. The lowest BCUT2D eigenvalue weighted by atomic mass is 10.3. The third kappa shape index (κ3) is 4.65. The Morgan fingerprint density at radius 2 is 1.91 bits per heavy atom. The van der Waals surface area contributed by atoms with Gasteiger partial charge in [-0.05, 0) is 25.0 Å². The van der Waals surface area contributed by atoms with Crippen LogP contribution in [0.3, 0.4) is 0 Å². The first-order valence-corrected chi connectivity index (χ1v) is 3.97. The average Bonchev–Trinajstić information content (AvgIpc) is 2.40. The highest BCUT2D eigenvalue weighted by atomic mass is 14.7. The highest BCUT2D eigenvalue weighted by molar-refractivity contribution is 5.14. The molecule has 1 heteroatoms. The summed E-state index contributed by atoms with van der Waals surface area (Å²) >= 11 is 0. The van der Waals surface area contributed by atoms with Crippen LogP contribution in [0.2, 0.25) is 0 Å². The van der Waals surface area contributed by atoms with Gasteiger partial charge in [0, 0.05) is 11.9 Å². The van der Waals surface area contributed by atoms with Crippen molar-refractivity contribution in [2.45, 2.75) is 41.5 Å². The van der Waals surface area contributed by atoms with Gasteiger partial charge in [-0.25, -0.2) is 0 Å². The zero-order chi connectivity index (χ0) is 7.98. The van der Waals surface area contributed by atoms with Crippen molar-refractivity contribution < 1.29 is 0 Å². The predicted molar refractivity (Wildman–Crippen MR) is 53.0 cm³/mol. The monoisotopic (exact) mass is 155 g/mol. The minimum Gasteiger partial charge on any atom is -0.365 e. The molecule has 0 fully saturated rings. The Hall–Kier alpha value is -0.720. The van der Waals surface area contributed by atoms with Crippen molar-refractivity contribution in [3.05, 3.63) is 23.5 Å². The second kappa shape index (κ2) is 7.39. The molecule has 0 aliphatic heterocycles. The van der Waals surface area contributed by atoms with Crippen molar-refractivity contribution in [1.82, 2.24) is 4.98 Å². The molecule has 0 aromatic carbocycles. The van der Waals surface area contributed by atoms with Crippen molar-refractivity contribution >= 4 is 0 Å². The number of hydrogen-bond donors (Lipinski definition) is 1. The predicted octanol–water partition coefficient (Wildman–Crippen LogP) is 3.55. The van der Waals surface area contributed by atoms with E-state index in [1.165, 1.54) is 11.3 Å². The van der Waals surface area contributed by atoms with Crippen molar-refractivity contribution in [3.8, 4) is 0 Å². The highest BCUT2D eigenvalue weighted by Gasteiger charge is 1.87. The van der Waals surface area contributed by atoms with E-state index in [4.69, 9.17) is 0 Å². The van der Waals surface area contributed by atoms with Gasteiger partial charge in [-0.2, -0.15) is 0 Å². The van der Waals surface area contributed by atoms with Crippen LogP contribution in [0.25, 0.3) is 0 Å². The zero-order valence-electron chi connectivity index (χ0n) is 7.36. The third-order valence-corrected chi connectivity index (χ3v) is 1.27. The molecule has 0 aliphatic carbocycles. The molecule has 0 saturated carbocycles. The second-order valence-corrected chi connectivity index (χ2v) is 2.06. The first-order valence-electron chi connectivity index (χ1n) is 3.97. The minimum atomic E-state index is 0. The number of aromatic nitrogens is 1. The molecule has 0 aliphatic rings. The molecule has 11 heavy (non-hydrogen) atoms. The number of aromatic amines is 1. The molecule has 1 rings (SSSR count). The molecule has 0 atom stereocenters. The van der Waals surface area contributed by atoms with E-state index in [9.17, 15) is 0 Å². The van der Waals surface area contributed by atoms with Crippen LogP contribution in [-0.2, 0) is 6.42 Å². The molecule has 0 amide bonds. The summed E-state index contributed by atoms with van der Waals surface area (Å²) < 4.78 is 0. The third-order valence-electron chi connectivity index (χ3n) is 1.27. The molecule has 0 bridgehead atoms. The molecule has 0 unspecified atom stereocenters. The van der Waals surface area contributed by atoms with Crippen LogP contribution < -0.4 is 0 Å². The van der Waals surface area contributed by atoms with Crippen LogP contribution in [0.1, 0.15) is 39.5 Å². The Balaban J connectivity index is 0. The van der Waals surface area contributed by atoms with E-state index in [0.29, 0.717) is 0 Å². The number of rotatable bonds is 1. The SMILES string of the molecule is C.CC.CCc1cc(C)c[nH]1. The fourth-order valence-corrected chi connectivity index (χ4v) is 0.769. The Morgan fingerprint density at radius 3 is 2.09 bits per heavy atom. The summed E-state index contributed by atoms with van der Waals surface area (Å²) in [6, 6.07) is 2.17. The van der Waals surface area contributed by atoms with Crippen LogP contribution in [0.15, 0.2) is 12.3 Å². The lowest BCUT2D eigenvalue weighted by molar-refractivity contribution is 1.06. The Kier molecular flexibility index (Phi) is 8.67. The van der Waals surface area contributed by atoms with Gasteiger partial charge in [-0.3, -0.25) is 0 Å². The summed E-state index contributed by atoms with van der Waals surface area (Å²) in [5, 5.41) is 0. The van der Waals surface area contributed by atoms with E-state index in [0.717, 1.165) is 6.42 Å². The van der Waals surface area contributed by atoms with E-state index in [1.807, 2.05) is 20.0 Å². The molecule has 66 valence electrons. The molecule has 0 radical (unpaired) electrons. The Morgan fingerprint density at radius 1 is 1.36 bits per heavy atom. The van der Waals surface area contributed by atoms with Crippen LogP contribution in [-0.4, -0.2) is 4.98 Å². The van der Waals surface area contributed by atoms with Gasteiger partial charge >= 0.3 is 0 Å². The van der Waals surface area contributed by atoms with Crippen molar-refractivity contribution in [1.29, 1.82) is 0 Å². The molecule has 1 N–H and O–H groups in total. The number of H-pyrrole nitrogens is 1. The minimum absolute atomic E-state index is 0. The molecule has 1 nitrogen and oxygen atoms in total. The molecule has 0 spiro atoms. The van der Waals surface area contributed by atoms with Crippen molar-refractivity contribution in [3.63, 3.8) is 0 Å². The summed E-state index contributed by atoms with van der Waals surface area (Å²) in [5.74, 6) is 0. The summed E-state index contributed by atoms with van der Waals surface area (Å²) in [7, 11) is 0. The fraction of sp³-hybridized carbons (Fsp3) is 0.600. The standard InChI is InChI=1S/C7H11N.C2H6.CH4/c1-3-7-4-6(2)5-8-7;1-2;/h4-5,8H,3H2,1-2H3;1-2H3;1H4. The Labute approximate surface area is 70.8 Å². The lowest BCUT2D eigenvalue weighted by Crippen LogP contribution is -1.73. The number of hydrogen-bond acceptors (Lipinski definition) is 0. The van der Waals surface area contributed by atoms with Gasteiger partial charge in [0.15, 0.2) is 0 Å². The maximum Gasteiger partial charge on any atom is 0.0147 e. The van der Waals surface area contributed by atoms with E-state index in [2.05, 4.69) is 24.9 Å². The molecular weight excluding hydrogens is 134 g/mol. The first-order chi connectivity index (χ1) is 4.83. The number of aryl methyl sites for hydroxylation is 2. The average molecular weight is 155 g/mol. The quantitative estimate of drug-likeness (QED) is 0.638. The van der Waals surface area contributed by atoms with Gasteiger partial charge in [0.2, 0.25) is 0 Å². The van der Waals surface area contributed by atoms with E-state index < -0.39 is 0 Å². The lowest BCUT2D eigenvalue weighted by Gasteiger charge is -1.81. The molecule has 1 heterocycles. The van der Waals surface area contributed by atoms with E-state index in [-0.39, 0.29) is 7.43 Å². The summed E-state index contributed by atoms with van der Waals surface area (Å²) in [5.41, 5.74) is 2.64. The van der Waals surface area contributed by atoms with E-state index >= 15 is 0 Å². The summed E-state index contributed by atoms with van der Waals surface area (Å²) in [4.78, 5) is 3.16. The topological polar surface area (TPSA) is 15.8 Å². The van der Waals surface area contributed by atoms with Gasteiger partial charge in [0.25, 0.3) is 0 Å². The molecule has 1 aromatic rings. The van der Waals surface area contributed by atoms with Gasteiger partial charge in [0.05, 0.1) is 0 Å². The van der Waals surface area contributed by atoms with Crippen molar-refractivity contribution in [2.75, 3.05) is 0 Å². The number of nitrogens with one attached hydrogen (secondary N) is 1. The zero-order valence-corrected chi connectivity index (χ0v) is 7.36. The molecule has 1 aromatic heterocycles. The second-order valence-electron chi connectivity index (χ2n) is 2.06.